The molecular formula is C18H10Cl2F5NO3. The fraction of sp³-hybridized carbons (Fsp3) is 0.111. The minimum absolute atomic E-state index is 0.205. The molecule has 0 aliphatic heterocycles. The molecular weight excluding hydrogens is 444 g/mol. The lowest BCUT2D eigenvalue weighted by Gasteiger charge is -2.12. The van der Waals surface area contributed by atoms with E-state index in [1.54, 1.807) is 0 Å². The molecule has 0 fully saturated rings. The molecule has 4 nitrogen and oxygen atoms in total. The van der Waals surface area contributed by atoms with Gasteiger partial charge in [-0.3, -0.25) is 4.79 Å². The lowest BCUT2D eigenvalue weighted by atomic mass is 10.0. The van der Waals surface area contributed by atoms with Crippen LogP contribution in [0.25, 0.3) is 0 Å². The fourth-order valence-corrected chi connectivity index (χ4v) is 2.55. The molecule has 0 amide bonds. The third-order valence-corrected chi connectivity index (χ3v) is 4.17. The van der Waals surface area contributed by atoms with E-state index in [9.17, 15) is 31.5 Å². The number of esters is 1. The Balaban J connectivity index is 2.56. The molecule has 1 N–H and O–H groups in total. The van der Waals surface area contributed by atoms with Gasteiger partial charge in [0.25, 0.3) is 0 Å². The summed E-state index contributed by atoms with van der Waals surface area (Å²) in [5.41, 5.74) is -2.51. The summed E-state index contributed by atoms with van der Waals surface area (Å²) in [5.74, 6) is -10.1. The topological polar surface area (TPSA) is 55.4 Å². The first-order chi connectivity index (χ1) is 13.6. The zero-order valence-corrected chi connectivity index (χ0v) is 15.9. The highest BCUT2D eigenvalue weighted by atomic mass is 35.5. The van der Waals surface area contributed by atoms with Crippen LogP contribution in [0.5, 0.6) is 0 Å². The Hall–Kier alpha value is -2.65. The molecule has 11 heteroatoms. The van der Waals surface area contributed by atoms with E-state index >= 15 is 0 Å². The summed E-state index contributed by atoms with van der Waals surface area (Å²) >= 11 is 10.8. The third-order valence-electron chi connectivity index (χ3n) is 3.48. The number of ketones is 1. The van der Waals surface area contributed by atoms with Gasteiger partial charge in [0.2, 0.25) is 5.78 Å². The van der Waals surface area contributed by atoms with Crippen molar-refractivity contribution in [1.29, 1.82) is 0 Å². The Morgan fingerprint density at radius 2 is 1.66 bits per heavy atom. The van der Waals surface area contributed by atoms with Gasteiger partial charge in [0.15, 0.2) is 17.5 Å². The first kappa shape index (κ1) is 22.6. The van der Waals surface area contributed by atoms with Crippen LogP contribution in [0.2, 0.25) is 10.0 Å². The molecule has 0 atom stereocenters. The van der Waals surface area contributed by atoms with Crippen LogP contribution in [0, 0.1) is 29.1 Å². The number of carbonyl (C=O) groups is 2. The molecule has 0 aromatic heterocycles. The van der Waals surface area contributed by atoms with E-state index in [-0.39, 0.29) is 12.3 Å². The Morgan fingerprint density at radius 3 is 2.24 bits per heavy atom. The molecule has 0 aliphatic rings. The van der Waals surface area contributed by atoms with Gasteiger partial charge < -0.3 is 10.1 Å². The summed E-state index contributed by atoms with van der Waals surface area (Å²) in [5, 5.41) is -0.385. The van der Waals surface area contributed by atoms with Crippen LogP contribution >= 0.6 is 23.2 Å². The Morgan fingerprint density at radius 1 is 1.03 bits per heavy atom. The van der Waals surface area contributed by atoms with Crippen LogP contribution in [0.3, 0.4) is 0 Å². The summed E-state index contributed by atoms with van der Waals surface area (Å²) in [7, 11) is 0. The number of Topliss-reactive ketones (excluding diaryl/α,β-unsaturated/α-hetero) is 1. The van der Waals surface area contributed by atoms with Gasteiger partial charge in [-0.2, -0.15) is 0 Å². The monoisotopic (exact) mass is 453 g/mol. The minimum atomic E-state index is -1.82. The lowest BCUT2D eigenvalue weighted by Crippen LogP contribution is -2.20. The number of ether oxygens (including phenoxy) is 1. The van der Waals surface area contributed by atoms with Gasteiger partial charge in [-0.25, -0.2) is 26.7 Å². The quantitative estimate of drug-likeness (QED) is 0.0925. The maximum absolute atomic E-state index is 14.3. The number of hydrogen-bond acceptors (Lipinski definition) is 4. The highest BCUT2D eigenvalue weighted by Crippen LogP contribution is 2.33. The normalized spacial score (nSPS) is 11.4. The van der Waals surface area contributed by atoms with E-state index < -0.39 is 62.0 Å². The van der Waals surface area contributed by atoms with Gasteiger partial charge in [0, 0.05) is 12.3 Å². The van der Waals surface area contributed by atoms with E-state index in [2.05, 4.69) is 10.1 Å². The average molecular weight is 454 g/mol. The minimum Gasteiger partial charge on any atom is -0.462 e. The number of benzene rings is 2. The van der Waals surface area contributed by atoms with Crippen molar-refractivity contribution >= 4 is 40.6 Å². The zero-order chi connectivity index (χ0) is 21.9. The maximum Gasteiger partial charge on any atom is 0.343 e. The molecule has 0 saturated carbocycles. The molecule has 0 bridgehead atoms. The predicted molar refractivity (Wildman–Crippen MR) is 95.4 cm³/mol. The average Bonchev–Trinajstić information content (AvgIpc) is 2.67. The molecule has 29 heavy (non-hydrogen) atoms. The smallest absolute Gasteiger partial charge is 0.343 e. The van der Waals surface area contributed by atoms with E-state index in [0.717, 1.165) is 12.1 Å². The SMILES string of the molecule is CCOC(=O)C(=CNc1ccc(F)cc1F)C(=O)c1c(F)c(Cl)c(F)c(F)c1Cl. The molecule has 154 valence electrons. The number of rotatable bonds is 6. The number of hydrogen-bond donors (Lipinski definition) is 1. The first-order valence-corrected chi connectivity index (χ1v) is 8.50. The first-order valence-electron chi connectivity index (χ1n) is 7.75. The number of carbonyl (C=O) groups excluding carboxylic acids is 2. The number of nitrogens with one attached hydrogen (secondary N) is 1. The third kappa shape index (κ3) is 4.68. The zero-order valence-electron chi connectivity index (χ0n) is 14.4. The van der Waals surface area contributed by atoms with Crippen LogP contribution in [0.4, 0.5) is 27.6 Å². The molecule has 0 heterocycles. The molecule has 0 saturated heterocycles. The molecule has 0 spiro atoms. The molecule has 0 aliphatic carbocycles. The largest absolute Gasteiger partial charge is 0.462 e. The van der Waals surface area contributed by atoms with Gasteiger partial charge in [0.1, 0.15) is 22.2 Å². The standard InChI is InChI=1S/C18H10Cl2F5NO3/c1-2-29-18(28)8(6-26-10-4-3-7(21)5-9(10)22)17(27)11-12(19)15(24)16(25)13(20)14(11)23/h3-6,26H,2H2,1H3. The van der Waals surface area contributed by atoms with Crippen molar-refractivity contribution in [3.8, 4) is 0 Å². The highest BCUT2D eigenvalue weighted by molar-refractivity contribution is 6.38. The van der Waals surface area contributed by atoms with Gasteiger partial charge >= 0.3 is 5.97 Å². The van der Waals surface area contributed by atoms with E-state index in [4.69, 9.17) is 23.2 Å². The predicted octanol–water partition coefficient (Wildman–Crippen LogP) is 5.43. The van der Waals surface area contributed by atoms with Crippen LogP contribution in [-0.2, 0) is 9.53 Å². The molecule has 0 radical (unpaired) electrons. The highest BCUT2D eigenvalue weighted by Gasteiger charge is 2.32. The maximum atomic E-state index is 14.3. The Kier molecular flexibility index (Phi) is 7.21. The Labute approximate surface area is 170 Å². The van der Waals surface area contributed by atoms with E-state index in [0.29, 0.717) is 12.3 Å². The molecule has 2 rings (SSSR count). The van der Waals surface area contributed by atoms with Gasteiger partial charge in [0.05, 0.1) is 22.9 Å². The molecule has 2 aromatic carbocycles. The fourth-order valence-electron chi connectivity index (χ4n) is 2.12. The van der Waals surface area contributed by atoms with Crippen LogP contribution < -0.4 is 5.32 Å². The molecule has 2 aromatic rings. The summed E-state index contributed by atoms with van der Waals surface area (Å²) in [6, 6.07) is 2.36. The van der Waals surface area contributed by atoms with Crippen molar-refractivity contribution in [3.63, 3.8) is 0 Å². The number of anilines is 1. The van der Waals surface area contributed by atoms with Gasteiger partial charge in [-0.15, -0.1) is 0 Å². The second-order valence-corrected chi connectivity index (χ2v) is 6.08. The summed E-state index contributed by atoms with van der Waals surface area (Å²) in [6.07, 6.45) is 0.627. The van der Waals surface area contributed by atoms with Gasteiger partial charge in [-0.05, 0) is 19.1 Å². The van der Waals surface area contributed by atoms with Crippen LogP contribution in [-0.4, -0.2) is 18.4 Å². The Bertz CT molecular complexity index is 998. The summed E-state index contributed by atoms with van der Waals surface area (Å²) in [4.78, 5) is 24.8. The summed E-state index contributed by atoms with van der Waals surface area (Å²) < 4.78 is 72.9. The summed E-state index contributed by atoms with van der Waals surface area (Å²) in [6.45, 7) is 1.19. The van der Waals surface area contributed by atoms with Crippen molar-refractivity contribution < 1.29 is 36.3 Å². The molecule has 0 unspecified atom stereocenters. The van der Waals surface area contributed by atoms with E-state index in [1.165, 1.54) is 6.92 Å². The van der Waals surface area contributed by atoms with Crippen molar-refractivity contribution in [2.24, 2.45) is 0 Å². The van der Waals surface area contributed by atoms with Crippen molar-refractivity contribution in [2.45, 2.75) is 6.92 Å². The van der Waals surface area contributed by atoms with Crippen LogP contribution in [0.1, 0.15) is 17.3 Å². The van der Waals surface area contributed by atoms with Crippen molar-refractivity contribution in [1.82, 2.24) is 0 Å². The second kappa shape index (κ2) is 9.23. The van der Waals surface area contributed by atoms with Crippen LogP contribution in [0.15, 0.2) is 30.0 Å². The van der Waals surface area contributed by atoms with Crippen molar-refractivity contribution in [2.75, 3.05) is 11.9 Å². The van der Waals surface area contributed by atoms with Gasteiger partial charge in [-0.1, -0.05) is 23.2 Å². The van der Waals surface area contributed by atoms with E-state index in [1.807, 2.05) is 0 Å². The number of halogens is 7. The van der Waals surface area contributed by atoms with Crippen molar-refractivity contribution in [3.05, 3.63) is 74.7 Å². The lowest BCUT2D eigenvalue weighted by molar-refractivity contribution is -0.138. The second-order valence-electron chi connectivity index (χ2n) is 5.32.